The second-order valence-corrected chi connectivity index (χ2v) is 6.62. The maximum Gasteiger partial charge on any atom is 0.256 e. The fraction of sp³-hybridized carbons (Fsp3) is 0.333. The normalized spacial score (nSPS) is 16.8. The summed E-state index contributed by atoms with van der Waals surface area (Å²) in [5.41, 5.74) is 2.62. The predicted octanol–water partition coefficient (Wildman–Crippen LogP) is 3.05. The van der Waals surface area contributed by atoms with E-state index in [0.29, 0.717) is 5.56 Å². The molecule has 23 heavy (non-hydrogen) atoms. The number of nitrogens with one attached hydrogen (secondary N) is 1. The van der Waals surface area contributed by atoms with Crippen molar-refractivity contribution in [2.24, 2.45) is 0 Å². The molecule has 4 nitrogen and oxygen atoms in total. The van der Waals surface area contributed by atoms with Crippen LogP contribution in [0, 0.1) is 5.82 Å². The summed E-state index contributed by atoms with van der Waals surface area (Å²) < 4.78 is 14.8. The van der Waals surface area contributed by atoms with E-state index in [1.54, 1.807) is 32.4 Å². The summed E-state index contributed by atoms with van der Waals surface area (Å²) in [6.45, 7) is 0.917. The van der Waals surface area contributed by atoms with Gasteiger partial charge in [0.05, 0.1) is 5.56 Å². The Balaban J connectivity index is 1.80. The van der Waals surface area contributed by atoms with Crippen LogP contribution in [0.4, 0.5) is 10.2 Å². The van der Waals surface area contributed by atoms with E-state index in [2.05, 4.69) is 10.3 Å². The molecule has 5 heteroatoms. The van der Waals surface area contributed by atoms with Crippen molar-refractivity contribution in [3.05, 3.63) is 47.4 Å². The van der Waals surface area contributed by atoms with Crippen molar-refractivity contribution in [2.45, 2.75) is 18.3 Å². The molecule has 1 N–H and O–H groups in total. The van der Waals surface area contributed by atoms with Gasteiger partial charge in [-0.15, -0.1) is 0 Å². The Bertz CT molecular complexity index is 812. The molecule has 0 bridgehead atoms. The molecule has 4 rings (SSSR count). The summed E-state index contributed by atoms with van der Waals surface area (Å²) in [5.74, 6) is 0.0923. The minimum absolute atomic E-state index is 0.0901. The highest BCUT2D eigenvalue weighted by atomic mass is 19.1. The lowest BCUT2D eigenvalue weighted by Gasteiger charge is -2.14. The van der Waals surface area contributed by atoms with Crippen molar-refractivity contribution < 1.29 is 9.18 Å². The summed E-state index contributed by atoms with van der Waals surface area (Å²) in [6, 6.07) is 6.96. The van der Waals surface area contributed by atoms with Crippen LogP contribution in [0.25, 0.3) is 11.1 Å². The molecule has 0 radical (unpaired) electrons. The molecule has 1 spiro atoms. The van der Waals surface area contributed by atoms with Gasteiger partial charge in [-0.05, 0) is 25.0 Å². The van der Waals surface area contributed by atoms with Gasteiger partial charge in [-0.25, -0.2) is 9.37 Å². The zero-order valence-electron chi connectivity index (χ0n) is 13.2. The average Bonchev–Trinajstić information content (AvgIpc) is 3.24. The Morgan fingerprint density at radius 1 is 1.35 bits per heavy atom. The van der Waals surface area contributed by atoms with E-state index in [1.807, 2.05) is 6.07 Å². The van der Waals surface area contributed by atoms with E-state index in [0.717, 1.165) is 30.8 Å². The standard InChI is InChI=1S/C18H18FN3O/c1-22(2)17(23)13-5-3-4-12(15(13)19)11-8-14-16(20-9-11)21-10-18(14)6-7-18/h3-5,8-9H,6-7,10H2,1-2H3,(H,20,21). The smallest absolute Gasteiger partial charge is 0.256 e. The van der Waals surface area contributed by atoms with Crippen LogP contribution < -0.4 is 5.32 Å². The lowest BCUT2D eigenvalue weighted by molar-refractivity contribution is 0.0823. The molecular formula is C18H18FN3O. The zero-order valence-corrected chi connectivity index (χ0v) is 13.2. The minimum atomic E-state index is -0.483. The number of fused-ring (bicyclic) bond motifs is 2. The number of hydrogen-bond donors (Lipinski definition) is 1. The molecule has 1 saturated carbocycles. The number of carbonyl (C=O) groups excluding carboxylic acids is 1. The number of nitrogens with zero attached hydrogens (tertiary/aromatic N) is 2. The molecule has 2 heterocycles. The summed E-state index contributed by atoms with van der Waals surface area (Å²) in [5, 5.41) is 3.33. The fourth-order valence-electron chi connectivity index (χ4n) is 3.26. The van der Waals surface area contributed by atoms with Gasteiger partial charge in [0.15, 0.2) is 0 Å². The summed E-state index contributed by atoms with van der Waals surface area (Å²) in [6.07, 6.45) is 3.98. The second-order valence-electron chi connectivity index (χ2n) is 6.62. The van der Waals surface area contributed by atoms with Crippen molar-refractivity contribution in [3.63, 3.8) is 0 Å². The maximum absolute atomic E-state index is 14.8. The van der Waals surface area contributed by atoms with Crippen LogP contribution in [-0.4, -0.2) is 36.4 Å². The van der Waals surface area contributed by atoms with Crippen molar-refractivity contribution >= 4 is 11.7 Å². The molecule has 118 valence electrons. The highest BCUT2D eigenvalue weighted by molar-refractivity contribution is 5.95. The van der Waals surface area contributed by atoms with Crippen LogP contribution in [0.2, 0.25) is 0 Å². The Morgan fingerprint density at radius 3 is 2.83 bits per heavy atom. The SMILES string of the molecule is CN(C)C(=O)c1cccc(-c2cnc3c(c2)C2(CC2)CN3)c1F. The van der Waals surface area contributed by atoms with Gasteiger partial charge in [0.25, 0.3) is 5.91 Å². The Hall–Kier alpha value is -2.43. The van der Waals surface area contributed by atoms with Crippen molar-refractivity contribution in [1.29, 1.82) is 0 Å². The van der Waals surface area contributed by atoms with Gasteiger partial charge >= 0.3 is 0 Å². The van der Waals surface area contributed by atoms with E-state index in [9.17, 15) is 9.18 Å². The third-order valence-electron chi connectivity index (χ3n) is 4.85. The fourth-order valence-corrected chi connectivity index (χ4v) is 3.26. The number of carbonyl (C=O) groups is 1. The maximum atomic E-state index is 14.8. The number of halogens is 1. The lowest BCUT2D eigenvalue weighted by Crippen LogP contribution is -2.23. The minimum Gasteiger partial charge on any atom is -0.369 e. The van der Waals surface area contributed by atoms with Crippen LogP contribution in [-0.2, 0) is 5.41 Å². The topological polar surface area (TPSA) is 45.2 Å². The molecule has 2 aliphatic rings. The number of anilines is 1. The average molecular weight is 311 g/mol. The molecule has 1 aromatic carbocycles. The molecule has 1 fully saturated rings. The van der Waals surface area contributed by atoms with E-state index in [4.69, 9.17) is 0 Å². The predicted molar refractivity (Wildman–Crippen MR) is 87.1 cm³/mol. The summed E-state index contributed by atoms with van der Waals surface area (Å²) in [4.78, 5) is 17.9. The van der Waals surface area contributed by atoms with Crippen molar-refractivity contribution in [1.82, 2.24) is 9.88 Å². The number of benzene rings is 1. The Labute approximate surface area is 134 Å². The van der Waals surface area contributed by atoms with Gasteiger partial charge in [0.2, 0.25) is 0 Å². The molecule has 1 aliphatic heterocycles. The van der Waals surface area contributed by atoms with E-state index in [-0.39, 0.29) is 16.9 Å². The molecule has 1 aromatic heterocycles. The monoisotopic (exact) mass is 311 g/mol. The van der Waals surface area contributed by atoms with Gasteiger partial charge < -0.3 is 10.2 Å². The molecule has 0 saturated heterocycles. The highest BCUT2D eigenvalue weighted by Gasteiger charge is 2.49. The molecule has 0 unspecified atom stereocenters. The molecule has 1 amide bonds. The van der Waals surface area contributed by atoms with Crippen LogP contribution in [0.1, 0.15) is 28.8 Å². The zero-order chi connectivity index (χ0) is 16.2. The van der Waals surface area contributed by atoms with E-state index in [1.165, 1.54) is 16.5 Å². The summed E-state index contributed by atoms with van der Waals surface area (Å²) in [7, 11) is 3.24. The van der Waals surface area contributed by atoms with E-state index < -0.39 is 5.82 Å². The van der Waals surface area contributed by atoms with Crippen molar-refractivity contribution in [3.8, 4) is 11.1 Å². The first-order valence-electron chi connectivity index (χ1n) is 7.77. The van der Waals surface area contributed by atoms with Gasteiger partial charge in [-0.2, -0.15) is 0 Å². The van der Waals surface area contributed by atoms with Gasteiger partial charge in [0, 0.05) is 48.9 Å². The molecule has 1 aliphatic carbocycles. The first kappa shape index (κ1) is 14.2. The number of rotatable bonds is 2. The second kappa shape index (κ2) is 4.78. The van der Waals surface area contributed by atoms with Gasteiger partial charge in [-0.3, -0.25) is 4.79 Å². The first-order valence-corrected chi connectivity index (χ1v) is 7.77. The third kappa shape index (κ3) is 2.11. The first-order chi connectivity index (χ1) is 11.0. The van der Waals surface area contributed by atoms with Gasteiger partial charge in [0.1, 0.15) is 11.6 Å². The number of pyridine rings is 1. The number of aromatic nitrogens is 1. The molecule has 0 atom stereocenters. The lowest BCUT2D eigenvalue weighted by atomic mass is 9.96. The largest absolute Gasteiger partial charge is 0.369 e. The van der Waals surface area contributed by atoms with Gasteiger partial charge in [-0.1, -0.05) is 12.1 Å². The Morgan fingerprint density at radius 2 is 2.13 bits per heavy atom. The number of amides is 1. The number of hydrogen-bond acceptors (Lipinski definition) is 3. The third-order valence-corrected chi connectivity index (χ3v) is 4.85. The van der Waals surface area contributed by atoms with Crippen molar-refractivity contribution in [2.75, 3.05) is 26.0 Å². The molecule has 2 aromatic rings. The highest BCUT2D eigenvalue weighted by Crippen LogP contribution is 2.54. The quantitative estimate of drug-likeness (QED) is 0.927. The molecular weight excluding hydrogens is 293 g/mol. The van der Waals surface area contributed by atoms with Crippen LogP contribution in [0.15, 0.2) is 30.5 Å². The Kier molecular flexibility index (Phi) is 2.95. The summed E-state index contributed by atoms with van der Waals surface area (Å²) >= 11 is 0. The van der Waals surface area contributed by atoms with Crippen LogP contribution >= 0.6 is 0 Å². The van der Waals surface area contributed by atoms with Crippen LogP contribution in [0.5, 0.6) is 0 Å². The van der Waals surface area contributed by atoms with Crippen LogP contribution in [0.3, 0.4) is 0 Å². The van der Waals surface area contributed by atoms with E-state index >= 15 is 0 Å².